The van der Waals surface area contributed by atoms with E-state index in [2.05, 4.69) is 60.1 Å². The van der Waals surface area contributed by atoms with Gasteiger partial charge in [-0.2, -0.15) is 0 Å². The molecule has 0 spiro atoms. The summed E-state index contributed by atoms with van der Waals surface area (Å²) in [6, 6.07) is 11.0. The van der Waals surface area contributed by atoms with Crippen molar-refractivity contribution in [3.05, 3.63) is 65.1 Å². The first-order valence-electron chi connectivity index (χ1n) is 11.2. The van der Waals surface area contributed by atoms with Crippen molar-refractivity contribution >= 4 is 11.6 Å². The van der Waals surface area contributed by atoms with Gasteiger partial charge in [-0.25, -0.2) is 14.4 Å². The molecule has 1 aliphatic heterocycles. The molecule has 4 rings (SSSR count). The molecule has 0 aliphatic carbocycles. The molecule has 1 saturated heterocycles. The Morgan fingerprint density at radius 1 is 1.12 bits per heavy atom. The number of nitrogens with zero attached hydrogens (tertiary/aromatic N) is 3. The van der Waals surface area contributed by atoms with E-state index in [0.29, 0.717) is 24.2 Å². The maximum atomic E-state index is 14.6. The first-order valence-corrected chi connectivity index (χ1v) is 11.2. The molecule has 32 heavy (non-hydrogen) atoms. The molecule has 3 aromatic rings. The summed E-state index contributed by atoms with van der Waals surface area (Å²) in [5.41, 5.74) is 6.20. The number of rotatable bonds is 6. The van der Waals surface area contributed by atoms with E-state index in [1.807, 2.05) is 6.07 Å². The molecule has 1 aliphatic rings. The molecule has 168 valence electrons. The highest BCUT2D eigenvalue weighted by Gasteiger charge is 2.18. The maximum absolute atomic E-state index is 14.6. The van der Waals surface area contributed by atoms with Crippen LogP contribution in [0.5, 0.6) is 5.75 Å². The highest BCUT2D eigenvalue weighted by atomic mass is 19.1. The van der Waals surface area contributed by atoms with E-state index in [1.165, 1.54) is 22.8 Å². The highest BCUT2D eigenvalue weighted by molar-refractivity contribution is 5.67. The highest BCUT2D eigenvalue weighted by Crippen LogP contribution is 2.28. The van der Waals surface area contributed by atoms with Crippen LogP contribution in [-0.4, -0.2) is 41.6 Å². The van der Waals surface area contributed by atoms with Gasteiger partial charge in [0.05, 0.1) is 12.3 Å². The van der Waals surface area contributed by atoms with Crippen LogP contribution in [0.2, 0.25) is 0 Å². The molecule has 0 bridgehead atoms. The van der Waals surface area contributed by atoms with Crippen LogP contribution in [0.1, 0.15) is 29.5 Å². The Morgan fingerprint density at radius 2 is 1.97 bits per heavy atom. The number of aromatic nitrogens is 2. The quantitative estimate of drug-likeness (QED) is 0.542. The second-order valence-corrected chi connectivity index (χ2v) is 8.80. The number of ether oxygens (including phenoxy) is 1. The van der Waals surface area contributed by atoms with E-state index >= 15 is 0 Å². The second-order valence-electron chi connectivity index (χ2n) is 8.80. The zero-order valence-electron chi connectivity index (χ0n) is 19.3. The molecular weight excluding hydrogens is 403 g/mol. The lowest BCUT2D eigenvalue weighted by atomic mass is 9.97. The van der Waals surface area contributed by atoms with Crippen LogP contribution in [0.4, 0.5) is 16.0 Å². The molecule has 1 N–H and O–H groups in total. The molecule has 1 atom stereocenters. The fraction of sp³-hybridized carbons (Fsp3) is 0.385. The monoisotopic (exact) mass is 434 g/mol. The van der Waals surface area contributed by atoms with Gasteiger partial charge in [0.1, 0.15) is 0 Å². The first-order chi connectivity index (χ1) is 15.4. The average molecular weight is 435 g/mol. The summed E-state index contributed by atoms with van der Waals surface area (Å²) >= 11 is 0. The van der Waals surface area contributed by atoms with Gasteiger partial charge in [0.15, 0.2) is 11.6 Å². The van der Waals surface area contributed by atoms with Gasteiger partial charge in [-0.15, -0.1) is 0 Å². The van der Waals surface area contributed by atoms with Gasteiger partial charge in [0.25, 0.3) is 0 Å². The topological polar surface area (TPSA) is 50.3 Å². The number of nitrogens with one attached hydrogen (secondary N) is 1. The summed E-state index contributed by atoms with van der Waals surface area (Å²) in [4.78, 5) is 11.3. The molecule has 0 saturated carbocycles. The van der Waals surface area contributed by atoms with Crippen LogP contribution in [-0.2, 0) is 0 Å². The smallest absolute Gasteiger partial charge is 0.227 e. The molecule has 6 heteroatoms. The van der Waals surface area contributed by atoms with Crippen molar-refractivity contribution < 1.29 is 9.13 Å². The van der Waals surface area contributed by atoms with Gasteiger partial charge in [0.2, 0.25) is 5.95 Å². The van der Waals surface area contributed by atoms with E-state index in [0.717, 1.165) is 37.2 Å². The van der Waals surface area contributed by atoms with Gasteiger partial charge in [-0.1, -0.05) is 12.1 Å². The summed E-state index contributed by atoms with van der Waals surface area (Å²) in [5, 5.41) is 3.11. The third-order valence-corrected chi connectivity index (χ3v) is 6.37. The molecule has 2 heterocycles. The van der Waals surface area contributed by atoms with Gasteiger partial charge >= 0.3 is 0 Å². The van der Waals surface area contributed by atoms with Crippen molar-refractivity contribution in [2.45, 2.75) is 33.6 Å². The van der Waals surface area contributed by atoms with Gasteiger partial charge in [0, 0.05) is 36.0 Å². The third-order valence-electron chi connectivity index (χ3n) is 6.37. The Balaban J connectivity index is 1.45. The SMILES string of the molecule is Cc1ccc(-c2ccnc(Nc3ccc(OCC4CCCN(C)C4)c(F)c3)n2)c(C)c1C. The lowest BCUT2D eigenvalue weighted by Crippen LogP contribution is -2.34. The van der Waals surface area contributed by atoms with Crippen molar-refractivity contribution in [2.75, 3.05) is 32.1 Å². The van der Waals surface area contributed by atoms with E-state index in [4.69, 9.17) is 4.74 Å². The van der Waals surface area contributed by atoms with Crippen LogP contribution in [0.15, 0.2) is 42.6 Å². The number of hydrogen-bond donors (Lipinski definition) is 1. The minimum Gasteiger partial charge on any atom is -0.490 e. The largest absolute Gasteiger partial charge is 0.490 e. The number of piperidine rings is 1. The Hall–Kier alpha value is -2.99. The number of halogens is 1. The van der Waals surface area contributed by atoms with Crippen LogP contribution in [0.25, 0.3) is 11.3 Å². The molecular formula is C26H31FN4O. The molecule has 2 aromatic carbocycles. The van der Waals surface area contributed by atoms with Crippen molar-refractivity contribution in [2.24, 2.45) is 5.92 Å². The van der Waals surface area contributed by atoms with Crippen LogP contribution in [0, 0.1) is 32.5 Å². The summed E-state index contributed by atoms with van der Waals surface area (Å²) in [5.74, 6) is 0.763. The lowest BCUT2D eigenvalue weighted by molar-refractivity contribution is 0.147. The van der Waals surface area contributed by atoms with E-state index in [1.54, 1.807) is 18.3 Å². The summed E-state index contributed by atoms with van der Waals surface area (Å²) in [6.07, 6.45) is 4.00. The van der Waals surface area contributed by atoms with E-state index in [9.17, 15) is 4.39 Å². The molecule has 1 unspecified atom stereocenters. The van der Waals surface area contributed by atoms with E-state index in [-0.39, 0.29) is 11.6 Å². The fourth-order valence-corrected chi connectivity index (χ4v) is 4.24. The van der Waals surface area contributed by atoms with Gasteiger partial charge in [-0.3, -0.25) is 0 Å². The number of aryl methyl sites for hydroxylation is 1. The normalized spacial score (nSPS) is 16.7. The third kappa shape index (κ3) is 5.07. The number of anilines is 2. The number of benzene rings is 2. The van der Waals surface area contributed by atoms with Crippen LogP contribution in [0.3, 0.4) is 0 Å². The first kappa shape index (κ1) is 22.2. The van der Waals surface area contributed by atoms with Crippen LogP contribution < -0.4 is 10.1 Å². The Labute approximate surface area is 189 Å². The van der Waals surface area contributed by atoms with E-state index < -0.39 is 0 Å². The fourth-order valence-electron chi connectivity index (χ4n) is 4.24. The number of hydrogen-bond acceptors (Lipinski definition) is 5. The maximum Gasteiger partial charge on any atom is 0.227 e. The molecule has 1 aromatic heterocycles. The zero-order chi connectivity index (χ0) is 22.7. The molecule has 0 radical (unpaired) electrons. The lowest BCUT2D eigenvalue weighted by Gasteiger charge is -2.29. The standard InChI is InChI=1S/C26H31FN4O/c1-17-7-9-22(19(3)18(17)2)24-11-12-28-26(30-24)29-21-8-10-25(23(27)14-21)32-16-20-6-5-13-31(4)15-20/h7-12,14,20H,5-6,13,15-16H2,1-4H3,(H,28,29,30). The van der Waals surface area contributed by atoms with Crippen molar-refractivity contribution in [1.82, 2.24) is 14.9 Å². The minimum absolute atomic E-state index is 0.282. The Bertz CT molecular complexity index is 1100. The predicted molar refractivity (Wildman–Crippen MR) is 127 cm³/mol. The second kappa shape index (κ2) is 9.65. The average Bonchev–Trinajstić information content (AvgIpc) is 2.77. The van der Waals surface area contributed by atoms with Crippen LogP contribution >= 0.6 is 0 Å². The van der Waals surface area contributed by atoms with Gasteiger partial charge in [-0.05, 0) is 82.1 Å². The minimum atomic E-state index is -0.389. The molecule has 0 amide bonds. The Morgan fingerprint density at radius 3 is 2.75 bits per heavy atom. The number of likely N-dealkylation sites (tertiary alicyclic amines) is 1. The summed E-state index contributed by atoms with van der Waals surface area (Å²) in [6.45, 7) is 8.98. The predicted octanol–water partition coefficient (Wildman–Crippen LogP) is 5.67. The molecule has 1 fully saturated rings. The molecule has 5 nitrogen and oxygen atoms in total. The van der Waals surface area contributed by atoms with Crippen molar-refractivity contribution in [3.8, 4) is 17.0 Å². The van der Waals surface area contributed by atoms with Gasteiger partial charge < -0.3 is 15.0 Å². The summed E-state index contributed by atoms with van der Waals surface area (Å²) in [7, 11) is 2.12. The summed E-state index contributed by atoms with van der Waals surface area (Å²) < 4.78 is 20.4. The Kier molecular flexibility index (Phi) is 6.70. The van der Waals surface area contributed by atoms with Crippen molar-refractivity contribution in [3.63, 3.8) is 0 Å². The van der Waals surface area contributed by atoms with Crippen molar-refractivity contribution in [1.29, 1.82) is 0 Å². The zero-order valence-corrected chi connectivity index (χ0v) is 19.3.